The molecular weight excluding hydrogens is 262 g/mol. The number of hydrogen-bond acceptors (Lipinski definition) is 3. The van der Waals surface area contributed by atoms with Gasteiger partial charge in [-0.3, -0.25) is 5.10 Å². The van der Waals surface area contributed by atoms with Gasteiger partial charge in [0.1, 0.15) is 5.75 Å². The van der Waals surface area contributed by atoms with Crippen molar-refractivity contribution in [3.05, 3.63) is 59.9 Å². The fraction of sp³-hybridized carbons (Fsp3) is 0.235. The number of H-pyrrole nitrogens is 1. The van der Waals surface area contributed by atoms with Gasteiger partial charge in [-0.25, -0.2) is 0 Å². The molecule has 21 heavy (non-hydrogen) atoms. The Balaban J connectivity index is 1.72. The normalized spacial score (nSPS) is 12.5. The lowest BCUT2D eigenvalue weighted by atomic mass is 10.1. The van der Waals surface area contributed by atoms with Crippen LogP contribution in [0.2, 0.25) is 0 Å². The molecule has 2 N–H and O–H groups in total. The van der Waals surface area contributed by atoms with Crippen molar-refractivity contribution in [2.75, 3.05) is 7.11 Å². The zero-order valence-corrected chi connectivity index (χ0v) is 12.3. The van der Waals surface area contributed by atoms with Crippen LogP contribution >= 0.6 is 0 Å². The van der Waals surface area contributed by atoms with Crippen LogP contribution in [-0.2, 0) is 6.54 Å². The third kappa shape index (κ3) is 3.06. The minimum Gasteiger partial charge on any atom is -0.497 e. The lowest BCUT2D eigenvalue weighted by molar-refractivity contribution is 0.415. The minimum absolute atomic E-state index is 0.273. The molecule has 0 aliphatic rings. The summed E-state index contributed by atoms with van der Waals surface area (Å²) in [5.41, 5.74) is 2.43. The average Bonchev–Trinajstić information content (AvgIpc) is 3.06. The van der Waals surface area contributed by atoms with Gasteiger partial charge in [-0.05, 0) is 41.5 Å². The first-order valence-electron chi connectivity index (χ1n) is 7.05. The second kappa shape index (κ2) is 5.97. The number of fused-ring (bicyclic) bond motifs is 1. The standard InChI is InChI=1S/C17H19N3O/c1-12(16-10-19-20-11-16)18-9-13-3-4-15-8-17(21-2)6-5-14(15)7-13/h3-8,10-12,18H,9H2,1-2H3,(H,19,20). The Morgan fingerprint density at radius 2 is 2.00 bits per heavy atom. The predicted molar refractivity (Wildman–Crippen MR) is 84.3 cm³/mol. The van der Waals surface area contributed by atoms with Crippen LogP contribution in [0.15, 0.2) is 48.8 Å². The van der Waals surface area contributed by atoms with E-state index in [1.54, 1.807) is 7.11 Å². The van der Waals surface area contributed by atoms with Crippen molar-refractivity contribution in [2.24, 2.45) is 0 Å². The molecule has 0 amide bonds. The summed E-state index contributed by atoms with van der Waals surface area (Å²) < 4.78 is 5.25. The Morgan fingerprint density at radius 1 is 1.19 bits per heavy atom. The van der Waals surface area contributed by atoms with Crippen LogP contribution in [-0.4, -0.2) is 17.3 Å². The molecular formula is C17H19N3O. The highest BCUT2D eigenvalue weighted by Crippen LogP contribution is 2.22. The molecule has 0 aliphatic heterocycles. The number of hydrogen-bond donors (Lipinski definition) is 2. The van der Waals surface area contributed by atoms with Crippen LogP contribution in [0.1, 0.15) is 24.1 Å². The van der Waals surface area contributed by atoms with Gasteiger partial charge in [0.05, 0.1) is 13.3 Å². The Hall–Kier alpha value is -2.33. The van der Waals surface area contributed by atoms with E-state index in [1.165, 1.54) is 21.9 Å². The predicted octanol–water partition coefficient (Wildman–Crippen LogP) is 3.42. The molecule has 0 fully saturated rings. The molecule has 1 atom stereocenters. The molecule has 0 saturated carbocycles. The maximum atomic E-state index is 5.25. The van der Waals surface area contributed by atoms with Crippen LogP contribution in [0.3, 0.4) is 0 Å². The molecule has 2 aromatic carbocycles. The molecule has 4 nitrogen and oxygen atoms in total. The SMILES string of the molecule is COc1ccc2cc(CNC(C)c3cn[nH]c3)ccc2c1. The summed E-state index contributed by atoms with van der Waals surface area (Å²) in [6, 6.07) is 12.9. The van der Waals surface area contributed by atoms with Crippen molar-refractivity contribution in [1.82, 2.24) is 15.5 Å². The number of rotatable bonds is 5. The van der Waals surface area contributed by atoms with Gasteiger partial charge in [0.2, 0.25) is 0 Å². The first-order valence-corrected chi connectivity index (χ1v) is 7.05. The molecule has 1 aromatic heterocycles. The van der Waals surface area contributed by atoms with Gasteiger partial charge >= 0.3 is 0 Å². The third-order valence-corrected chi connectivity index (χ3v) is 3.74. The van der Waals surface area contributed by atoms with Crippen molar-refractivity contribution >= 4 is 10.8 Å². The number of aromatic nitrogens is 2. The maximum Gasteiger partial charge on any atom is 0.119 e. The molecule has 0 saturated heterocycles. The molecule has 3 aromatic rings. The zero-order chi connectivity index (χ0) is 14.7. The smallest absolute Gasteiger partial charge is 0.119 e. The fourth-order valence-corrected chi connectivity index (χ4v) is 2.40. The van der Waals surface area contributed by atoms with Gasteiger partial charge in [0.25, 0.3) is 0 Å². The average molecular weight is 281 g/mol. The number of nitrogens with zero attached hydrogens (tertiary/aromatic N) is 1. The molecule has 1 unspecified atom stereocenters. The lowest BCUT2D eigenvalue weighted by Crippen LogP contribution is -2.17. The van der Waals surface area contributed by atoms with E-state index < -0.39 is 0 Å². The van der Waals surface area contributed by atoms with E-state index in [-0.39, 0.29) is 6.04 Å². The van der Waals surface area contributed by atoms with Gasteiger partial charge < -0.3 is 10.1 Å². The molecule has 4 heteroatoms. The minimum atomic E-state index is 0.273. The summed E-state index contributed by atoms with van der Waals surface area (Å²) in [6.07, 6.45) is 3.77. The van der Waals surface area contributed by atoms with Crippen LogP contribution < -0.4 is 10.1 Å². The van der Waals surface area contributed by atoms with Gasteiger partial charge in [-0.15, -0.1) is 0 Å². The second-order valence-corrected chi connectivity index (χ2v) is 5.18. The number of ether oxygens (including phenoxy) is 1. The van der Waals surface area contributed by atoms with Gasteiger partial charge in [-0.2, -0.15) is 5.10 Å². The molecule has 1 heterocycles. The van der Waals surface area contributed by atoms with Crippen LogP contribution in [0.4, 0.5) is 0 Å². The first-order chi connectivity index (χ1) is 10.3. The highest BCUT2D eigenvalue weighted by Gasteiger charge is 2.06. The Kier molecular flexibility index (Phi) is 3.88. The summed E-state index contributed by atoms with van der Waals surface area (Å²) >= 11 is 0. The van der Waals surface area contributed by atoms with Gasteiger partial charge in [-0.1, -0.05) is 18.2 Å². The van der Waals surface area contributed by atoms with E-state index in [2.05, 4.69) is 52.8 Å². The van der Waals surface area contributed by atoms with Crippen molar-refractivity contribution in [2.45, 2.75) is 19.5 Å². The quantitative estimate of drug-likeness (QED) is 0.753. The number of benzene rings is 2. The maximum absolute atomic E-state index is 5.25. The summed E-state index contributed by atoms with van der Waals surface area (Å²) in [5.74, 6) is 0.891. The monoisotopic (exact) mass is 281 g/mol. The van der Waals surface area contributed by atoms with E-state index >= 15 is 0 Å². The Morgan fingerprint density at radius 3 is 2.76 bits per heavy atom. The van der Waals surface area contributed by atoms with E-state index in [1.807, 2.05) is 18.5 Å². The summed E-state index contributed by atoms with van der Waals surface area (Å²) in [7, 11) is 1.69. The van der Waals surface area contributed by atoms with Crippen molar-refractivity contribution < 1.29 is 4.74 Å². The van der Waals surface area contributed by atoms with Gasteiger partial charge in [0, 0.05) is 24.3 Å². The number of aromatic amines is 1. The zero-order valence-electron chi connectivity index (χ0n) is 12.3. The number of nitrogens with one attached hydrogen (secondary N) is 2. The van der Waals surface area contributed by atoms with E-state index in [0.717, 1.165) is 12.3 Å². The molecule has 0 spiro atoms. The highest BCUT2D eigenvalue weighted by atomic mass is 16.5. The summed E-state index contributed by atoms with van der Waals surface area (Å²) in [5, 5.41) is 12.7. The van der Waals surface area contributed by atoms with Gasteiger partial charge in [0.15, 0.2) is 0 Å². The van der Waals surface area contributed by atoms with Crippen molar-refractivity contribution in [3.63, 3.8) is 0 Å². The highest BCUT2D eigenvalue weighted by molar-refractivity contribution is 5.84. The van der Waals surface area contributed by atoms with Crippen LogP contribution in [0.5, 0.6) is 5.75 Å². The lowest BCUT2D eigenvalue weighted by Gasteiger charge is -2.12. The molecule has 0 bridgehead atoms. The van der Waals surface area contributed by atoms with Crippen molar-refractivity contribution in [1.29, 1.82) is 0 Å². The van der Waals surface area contributed by atoms with E-state index in [4.69, 9.17) is 4.74 Å². The molecule has 0 aliphatic carbocycles. The molecule has 3 rings (SSSR count). The second-order valence-electron chi connectivity index (χ2n) is 5.18. The largest absolute Gasteiger partial charge is 0.497 e. The van der Waals surface area contributed by atoms with Crippen LogP contribution in [0.25, 0.3) is 10.8 Å². The third-order valence-electron chi connectivity index (χ3n) is 3.74. The van der Waals surface area contributed by atoms with Crippen LogP contribution in [0, 0.1) is 0 Å². The molecule has 0 radical (unpaired) electrons. The molecule has 108 valence electrons. The summed E-state index contributed by atoms with van der Waals surface area (Å²) in [6.45, 7) is 2.96. The topological polar surface area (TPSA) is 49.9 Å². The first kappa shape index (κ1) is 13.6. The summed E-state index contributed by atoms with van der Waals surface area (Å²) in [4.78, 5) is 0. The van der Waals surface area contributed by atoms with E-state index in [9.17, 15) is 0 Å². The fourth-order valence-electron chi connectivity index (χ4n) is 2.40. The Labute approximate surface area is 124 Å². The Bertz CT molecular complexity index is 722. The van der Waals surface area contributed by atoms with E-state index in [0.29, 0.717) is 0 Å². The van der Waals surface area contributed by atoms with Crippen molar-refractivity contribution in [3.8, 4) is 5.75 Å². The number of methoxy groups -OCH3 is 1.